The Labute approximate surface area is 188 Å². The fourth-order valence-corrected chi connectivity index (χ4v) is 2.23. The van der Waals surface area contributed by atoms with Crippen LogP contribution in [-0.2, 0) is 20.6 Å². The molecule has 0 saturated heterocycles. The second-order valence-electron chi connectivity index (χ2n) is 6.65. The smallest absolute Gasteiger partial charge is 0.483 e. The Balaban J connectivity index is 1.89. The molecular formula is C18H13F11N2O4. The van der Waals surface area contributed by atoms with Gasteiger partial charge in [-0.2, -0.15) is 48.3 Å². The molecule has 2 aromatic rings. The lowest BCUT2D eigenvalue weighted by Gasteiger charge is -2.31. The van der Waals surface area contributed by atoms with E-state index in [0.29, 0.717) is 11.1 Å². The van der Waals surface area contributed by atoms with E-state index in [-0.39, 0.29) is 18.0 Å². The normalized spacial score (nSPS) is 13.8. The van der Waals surface area contributed by atoms with Crippen LogP contribution in [0.15, 0.2) is 36.7 Å². The van der Waals surface area contributed by atoms with Crippen molar-refractivity contribution >= 4 is 0 Å². The summed E-state index contributed by atoms with van der Waals surface area (Å²) >= 11 is 0. The number of alkyl halides is 11. The summed E-state index contributed by atoms with van der Waals surface area (Å²) < 4.78 is 149. The number of hydrogen-bond donors (Lipinski definition) is 1. The minimum atomic E-state index is -6.84. The third kappa shape index (κ3) is 7.60. The molecule has 1 heterocycles. The fraction of sp³-hybridized carbons (Fsp3) is 0.444. The average molecular weight is 530 g/mol. The van der Waals surface area contributed by atoms with E-state index >= 15 is 0 Å². The molecule has 0 unspecified atom stereocenters. The summed E-state index contributed by atoms with van der Waals surface area (Å²) in [5.74, 6) is 0.0775. The van der Waals surface area contributed by atoms with Crippen molar-refractivity contribution in [3.63, 3.8) is 0 Å². The zero-order valence-corrected chi connectivity index (χ0v) is 16.8. The number of aromatic hydroxyl groups is 1. The quantitative estimate of drug-likeness (QED) is 0.311. The zero-order valence-electron chi connectivity index (χ0n) is 16.8. The molecule has 35 heavy (non-hydrogen) atoms. The Kier molecular flexibility index (Phi) is 8.18. The first-order valence-corrected chi connectivity index (χ1v) is 9.02. The van der Waals surface area contributed by atoms with Crippen molar-refractivity contribution in [2.24, 2.45) is 0 Å². The molecule has 1 aromatic heterocycles. The summed E-state index contributed by atoms with van der Waals surface area (Å²) in [6.07, 6.45) is -30.1. The number of halogens is 11. The van der Waals surface area contributed by atoms with Crippen LogP contribution < -0.4 is 0 Å². The average Bonchev–Trinajstić information content (AvgIpc) is 2.70. The number of rotatable bonds is 11. The van der Waals surface area contributed by atoms with Gasteiger partial charge in [-0.05, 0) is 12.0 Å². The third-order valence-corrected chi connectivity index (χ3v) is 3.86. The lowest BCUT2D eigenvalue weighted by Crippen LogP contribution is -2.55. The molecule has 0 aliphatic heterocycles. The number of benzene rings is 1. The van der Waals surface area contributed by atoms with Gasteiger partial charge in [-0.3, -0.25) is 0 Å². The van der Waals surface area contributed by atoms with Gasteiger partial charge in [0.1, 0.15) is 6.61 Å². The number of nitrogens with zero attached hydrogens (tertiary/aromatic N) is 2. The van der Waals surface area contributed by atoms with Crippen molar-refractivity contribution in [1.29, 1.82) is 0 Å². The van der Waals surface area contributed by atoms with E-state index in [0.717, 1.165) is 12.4 Å². The fourth-order valence-electron chi connectivity index (χ4n) is 2.23. The van der Waals surface area contributed by atoms with Gasteiger partial charge in [0.25, 0.3) is 0 Å². The molecule has 0 radical (unpaired) electrons. The first kappa shape index (κ1) is 28.4. The van der Waals surface area contributed by atoms with Crippen molar-refractivity contribution in [3.8, 4) is 17.1 Å². The molecule has 0 amide bonds. The van der Waals surface area contributed by atoms with E-state index in [4.69, 9.17) is 5.11 Å². The monoisotopic (exact) mass is 530 g/mol. The Morgan fingerprint density at radius 1 is 0.714 bits per heavy atom. The molecule has 0 fully saturated rings. The van der Waals surface area contributed by atoms with Crippen LogP contribution in [-0.4, -0.2) is 58.9 Å². The molecule has 1 N–H and O–H groups in total. The second-order valence-corrected chi connectivity index (χ2v) is 6.65. The summed E-state index contributed by atoms with van der Waals surface area (Å²) in [6, 6.07) is 5.99. The van der Waals surface area contributed by atoms with Crippen molar-refractivity contribution in [3.05, 3.63) is 42.2 Å². The molecule has 0 saturated carbocycles. The van der Waals surface area contributed by atoms with Crippen molar-refractivity contribution in [1.82, 2.24) is 9.97 Å². The van der Waals surface area contributed by atoms with Gasteiger partial charge in [-0.1, -0.05) is 24.3 Å². The molecule has 2 rings (SSSR count). The molecular weight excluding hydrogens is 517 g/mol. The zero-order chi connectivity index (χ0) is 26.7. The van der Waals surface area contributed by atoms with Crippen LogP contribution in [0.25, 0.3) is 11.4 Å². The first-order valence-electron chi connectivity index (χ1n) is 9.02. The number of ether oxygens (including phenoxy) is 3. The molecule has 6 nitrogen and oxygen atoms in total. The minimum Gasteiger partial charge on any atom is -0.505 e. The topological polar surface area (TPSA) is 73.7 Å². The Hall–Kier alpha value is -2.79. The Morgan fingerprint density at radius 3 is 1.74 bits per heavy atom. The van der Waals surface area contributed by atoms with Crippen LogP contribution in [0.2, 0.25) is 0 Å². The maximum absolute atomic E-state index is 13.5. The highest BCUT2D eigenvalue weighted by Crippen LogP contribution is 2.47. The van der Waals surface area contributed by atoms with E-state index in [1.807, 2.05) is 0 Å². The maximum atomic E-state index is 13.5. The predicted molar refractivity (Wildman–Crippen MR) is 91.7 cm³/mol. The lowest BCUT2D eigenvalue weighted by molar-refractivity contribution is -0.537. The van der Waals surface area contributed by atoms with Crippen molar-refractivity contribution in [2.75, 3.05) is 13.2 Å². The Morgan fingerprint density at radius 2 is 1.23 bits per heavy atom. The van der Waals surface area contributed by atoms with E-state index in [9.17, 15) is 48.3 Å². The van der Waals surface area contributed by atoms with Crippen LogP contribution in [0.5, 0.6) is 5.75 Å². The summed E-state index contributed by atoms with van der Waals surface area (Å²) in [6.45, 7) is -2.66. The molecule has 0 bridgehead atoms. The van der Waals surface area contributed by atoms with Crippen LogP contribution in [0, 0.1) is 0 Å². The lowest BCUT2D eigenvalue weighted by atomic mass is 10.1. The van der Waals surface area contributed by atoms with Gasteiger partial charge in [-0.15, -0.1) is 0 Å². The van der Waals surface area contributed by atoms with E-state index in [2.05, 4.69) is 19.4 Å². The van der Waals surface area contributed by atoms with E-state index < -0.39 is 43.8 Å². The molecule has 0 spiro atoms. The van der Waals surface area contributed by atoms with Gasteiger partial charge < -0.3 is 9.84 Å². The van der Waals surface area contributed by atoms with Crippen LogP contribution in [0.4, 0.5) is 48.3 Å². The second kappa shape index (κ2) is 10.1. The van der Waals surface area contributed by atoms with Crippen LogP contribution in [0.1, 0.15) is 5.56 Å². The Bertz CT molecular complexity index is 968. The maximum Gasteiger partial charge on any atom is 0.483 e. The highest BCUT2D eigenvalue weighted by atomic mass is 19.4. The first-order chi connectivity index (χ1) is 15.9. The summed E-state index contributed by atoms with van der Waals surface area (Å²) in [7, 11) is 0. The minimum absolute atomic E-state index is 0.0970. The van der Waals surface area contributed by atoms with Gasteiger partial charge in [0, 0.05) is 5.56 Å². The standard InChI is InChI=1S/C18H13F11N2O4/c19-14(20,34-17(26,27)18(28,29)35-16(24,25)15(21,22)23)9-33-6-5-10-1-3-11(4-2-10)13-30-7-12(32)8-31-13/h1-4,7-8,32H,5-6,9H2. The number of aromatic nitrogens is 2. The summed E-state index contributed by atoms with van der Waals surface area (Å²) in [4.78, 5) is 7.71. The SMILES string of the molecule is Oc1cnc(-c2ccc(CCOCC(F)(F)OC(F)(F)C(F)(F)OC(F)(F)C(F)(F)F)cc2)nc1. The third-order valence-electron chi connectivity index (χ3n) is 3.86. The predicted octanol–water partition coefficient (Wildman–Crippen LogP) is 5.38. The van der Waals surface area contributed by atoms with Crippen molar-refractivity contribution < 1.29 is 67.6 Å². The summed E-state index contributed by atoms with van der Waals surface area (Å²) in [5.41, 5.74) is 0.979. The number of hydrogen-bond acceptors (Lipinski definition) is 6. The highest BCUT2D eigenvalue weighted by Gasteiger charge is 2.72. The highest BCUT2D eigenvalue weighted by molar-refractivity contribution is 5.55. The molecule has 196 valence electrons. The van der Waals surface area contributed by atoms with Gasteiger partial charge in [-0.25, -0.2) is 19.4 Å². The van der Waals surface area contributed by atoms with Crippen molar-refractivity contribution in [2.45, 2.75) is 37.0 Å². The summed E-state index contributed by atoms with van der Waals surface area (Å²) in [5, 5.41) is 9.14. The molecule has 0 atom stereocenters. The largest absolute Gasteiger partial charge is 0.505 e. The van der Waals surface area contributed by atoms with E-state index in [1.165, 1.54) is 24.3 Å². The van der Waals surface area contributed by atoms with Gasteiger partial charge in [0.05, 0.1) is 19.0 Å². The molecule has 1 aromatic carbocycles. The molecule has 0 aliphatic rings. The van der Waals surface area contributed by atoms with Gasteiger partial charge in [0.15, 0.2) is 11.6 Å². The van der Waals surface area contributed by atoms with Crippen LogP contribution in [0.3, 0.4) is 0 Å². The van der Waals surface area contributed by atoms with Gasteiger partial charge in [0.2, 0.25) is 0 Å². The molecule has 17 heteroatoms. The van der Waals surface area contributed by atoms with Crippen LogP contribution >= 0.6 is 0 Å². The molecule has 0 aliphatic carbocycles. The van der Waals surface area contributed by atoms with Gasteiger partial charge >= 0.3 is 30.6 Å². The van der Waals surface area contributed by atoms with E-state index in [1.54, 1.807) is 4.74 Å².